The molecule has 4 aromatic rings. The molecule has 31 heavy (non-hydrogen) atoms. The van der Waals surface area contributed by atoms with E-state index in [1.54, 1.807) is 42.5 Å². The molecule has 0 saturated carbocycles. The van der Waals surface area contributed by atoms with Crippen LogP contribution in [-0.2, 0) is 4.79 Å². The average Bonchev–Trinajstić information content (AvgIpc) is 2.79. The van der Waals surface area contributed by atoms with Gasteiger partial charge in [-0.25, -0.2) is 0 Å². The monoisotopic (exact) mass is 417 g/mol. The zero-order valence-corrected chi connectivity index (χ0v) is 16.6. The van der Waals surface area contributed by atoms with E-state index in [4.69, 9.17) is 13.9 Å². The second kappa shape index (κ2) is 8.62. The largest absolute Gasteiger partial charge is 0.508 e. The molecule has 0 radical (unpaired) electrons. The fourth-order valence-corrected chi connectivity index (χ4v) is 3.13. The van der Waals surface area contributed by atoms with Crippen LogP contribution in [0.5, 0.6) is 17.2 Å². The number of phenolic OH excluding ortho intramolecular Hbond substituents is 1. The van der Waals surface area contributed by atoms with Crippen LogP contribution in [0.3, 0.4) is 0 Å². The number of carbonyl (C=O) groups excluding carboxylic acids is 1. The molecule has 7 heteroatoms. The Morgan fingerprint density at radius 1 is 1.03 bits per heavy atom. The second-order valence-corrected chi connectivity index (χ2v) is 6.72. The number of benzene rings is 3. The molecule has 0 fully saturated rings. The molecule has 0 aliphatic carbocycles. The van der Waals surface area contributed by atoms with E-state index in [-0.39, 0.29) is 23.7 Å². The van der Waals surface area contributed by atoms with E-state index >= 15 is 0 Å². The summed E-state index contributed by atoms with van der Waals surface area (Å²) in [5.41, 5.74) is 1.70. The number of phenols is 1. The molecule has 2 N–H and O–H groups in total. The predicted octanol–water partition coefficient (Wildman–Crippen LogP) is 4.19. The highest BCUT2D eigenvalue weighted by Crippen LogP contribution is 2.26. The number of fused-ring (bicyclic) bond motifs is 1. The minimum absolute atomic E-state index is 0.0261. The van der Waals surface area contributed by atoms with Crippen molar-refractivity contribution in [2.24, 2.45) is 0 Å². The first kappa shape index (κ1) is 20.0. The van der Waals surface area contributed by atoms with E-state index in [1.807, 2.05) is 6.07 Å². The lowest BCUT2D eigenvalue weighted by molar-refractivity contribution is -0.118. The molecular formula is C24H19NO6. The number of nitrogens with one attached hydrogen (secondary N) is 1. The first-order valence-corrected chi connectivity index (χ1v) is 9.46. The highest BCUT2D eigenvalue weighted by atomic mass is 16.5. The third-order valence-electron chi connectivity index (χ3n) is 4.67. The van der Waals surface area contributed by atoms with Gasteiger partial charge in [-0.3, -0.25) is 9.59 Å². The lowest BCUT2D eigenvalue weighted by Crippen LogP contribution is -2.20. The van der Waals surface area contributed by atoms with Crippen LogP contribution in [-0.4, -0.2) is 24.7 Å². The molecule has 3 aromatic carbocycles. The molecule has 1 amide bonds. The van der Waals surface area contributed by atoms with E-state index in [1.165, 1.54) is 31.6 Å². The zero-order valence-electron chi connectivity index (χ0n) is 16.6. The Bertz CT molecular complexity index is 1290. The molecule has 0 aliphatic rings. The minimum atomic E-state index is -0.330. The summed E-state index contributed by atoms with van der Waals surface area (Å²) >= 11 is 0. The van der Waals surface area contributed by atoms with Gasteiger partial charge in [-0.05, 0) is 42.0 Å². The minimum Gasteiger partial charge on any atom is -0.508 e. The number of rotatable bonds is 6. The van der Waals surface area contributed by atoms with Crippen LogP contribution in [0.25, 0.3) is 22.1 Å². The Kier molecular flexibility index (Phi) is 5.57. The SMILES string of the molecule is COc1ccccc1OCC(=O)Nc1ccc(-c2coc3cc(O)ccc3c2=O)cc1. The molecule has 7 nitrogen and oxygen atoms in total. The Balaban J connectivity index is 1.45. The molecule has 1 heterocycles. The fourth-order valence-electron chi connectivity index (χ4n) is 3.13. The summed E-state index contributed by atoms with van der Waals surface area (Å²) in [5, 5.41) is 12.6. The number of ether oxygens (including phenoxy) is 2. The topological polar surface area (TPSA) is 98.0 Å². The van der Waals surface area contributed by atoms with Gasteiger partial charge in [-0.15, -0.1) is 0 Å². The number of aromatic hydroxyl groups is 1. The van der Waals surface area contributed by atoms with E-state index in [9.17, 15) is 14.7 Å². The van der Waals surface area contributed by atoms with Crippen LogP contribution in [0.15, 0.2) is 82.2 Å². The second-order valence-electron chi connectivity index (χ2n) is 6.72. The van der Waals surface area contributed by atoms with Gasteiger partial charge in [0.1, 0.15) is 17.6 Å². The number of hydrogen-bond acceptors (Lipinski definition) is 6. The van der Waals surface area contributed by atoms with Crippen molar-refractivity contribution >= 4 is 22.6 Å². The average molecular weight is 417 g/mol. The van der Waals surface area contributed by atoms with Crippen molar-refractivity contribution in [3.8, 4) is 28.4 Å². The maximum absolute atomic E-state index is 12.7. The first-order chi connectivity index (χ1) is 15.0. The van der Waals surface area contributed by atoms with E-state index in [2.05, 4.69) is 5.32 Å². The van der Waals surface area contributed by atoms with E-state index < -0.39 is 0 Å². The molecule has 0 saturated heterocycles. The van der Waals surface area contributed by atoms with Crippen LogP contribution in [0.2, 0.25) is 0 Å². The molecule has 0 aliphatic heterocycles. The normalized spacial score (nSPS) is 10.6. The zero-order chi connectivity index (χ0) is 21.8. The molecular weight excluding hydrogens is 398 g/mol. The summed E-state index contributed by atoms with van der Waals surface area (Å²) in [5.74, 6) is 0.720. The summed E-state index contributed by atoms with van der Waals surface area (Å²) in [6.45, 7) is -0.177. The van der Waals surface area contributed by atoms with Gasteiger partial charge in [0, 0.05) is 11.8 Å². The van der Waals surface area contributed by atoms with Gasteiger partial charge in [0.15, 0.2) is 23.5 Å². The molecule has 0 unspecified atom stereocenters. The highest BCUT2D eigenvalue weighted by Gasteiger charge is 2.11. The molecule has 0 atom stereocenters. The van der Waals surface area contributed by atoms with Crippen LogP contribution in [0, 0.1) is 0 Å². The van der Waals surface area contributed by atoms with Gasteiger partial charge in [0.25, 0.3) is 5.91 Å². The van der Waals surface area contributed by atoms with Crippen LogP contribution >= 0.6 is 0 Å². The van der Waals surface area contributed by atoms with Crippen molar-refractivity contribution in [3.05, 3.63) is 83.2 Å². The smallest absolute Gasteiger partial charge is 0.262 e. The molecule has 0 bridgehead atoms. The Morgan fingerprint density at radius 2 is 1.77 bits per heavy atom. The van der Waals surface area contributed by atoms with Crippen molar-refractivity contribution in [1.82, 2.24) is 0 Å². The summed E-state index contributed by atoms with van der Waals surface area (Å²) in [7, 11) is 1.53. The van der Waals surface area contributed by atoms with Crippen molar-refractivity contribution in [3.63, 3.8) is 0 Å². The summed E-state index contributed by atoms with van der Waals surface area (Å²) in [4.78, 5) is 24.9. The highest BCUT2D eigenvalue weighted by molar-refractivity contribution is 5.92. The fraction of sp³-hybridized carbons (Fsp3) is 0.0833. The van der Waals surface area contributed by atoms with Gasteiger partial charge >= 0.3 is 0 Å². The van der Waals surface area contributed by atoms with Gasteiger partial charge in [-0.2, -0.15) is 0 Å². The lowest BCUT2D eigenvalue weighted by atomic mass is 10.1. The summed E-state index contributed by atoms with van der Waals surface area (Å²) < 4.78 is 16.2. The number of anilines is 1. The molecule has 0 spiro atoms. The maximum Gasteiger partial charge on any atom is 0.262 e. The number of methoxy groups -OCH3 is 1. The van der Waals surface area contributed by atoms with Crippen LogP contribution in [0.1, 0.15) is 0 Å². The lowest BCUT2D eigenvalue weighted by Gasteiger charge is -2.11. The van der Waals surface area contributed by atoms with Crippen LogP contribution in [0.4, 0.5) is 5.69 Å². The van der Waals surface area contributed by atoms with Gasteiger partial charge < -0.3 is 24.3 Å². The first-order valence-electron chi connectivity index (χ1n) is 9.46. The van der Waals surface area contributed by atoms with Gasteiger partial charge in [0.2, 0.25) is 0 Å². The maximum atomic E-state index is 12.7. The predicted molar refractivity (Wildman–Crippen MR) is 117 cm³/mol. The standard InChI is InChI=1S/C24H19NO6/c1-29-20-4-2-3-5-21(20)31-14-23(27)25-16-8-6-15(7-9-16)19-13-30-22-12-17(26)10-11-18(22)24(19)28/h2-13,26H,14H2,1H3,(H,25,27). The quantitative estimate of drug-likeness (QED) is 0.488. The van der Waals surface area contributed by atoms with Gasteiger partial charge in [0.05, 0.1) is 18.1 Å². The summed E-state index contributed by atoms with van der Waals surface area (Å²) in [6, 6.07) is 18.2. The van der Waals surface area contributed by atoms with Crippen molar-refractivity contribution in [2.75, 3.05) is 19.0 Å². The Labute approximate surface area is 177 Å². The molecule has 4 rings (SSSR count). The summed E-state index contributed by atoms with van der Waals surface area (Å²) in [6.07, 6.45) is 1.36. The van der Waals surface area contributed by atoms with Crippen molar-refractivity contribution in [1.29, 1.82) is 0 Å². The number of para-hydroxylation sites is 2. The third kappa shape index (κ3) is 4.35. The van der Waals surface area contributed by atoms with Crippen LogP contribution < -0.4 is 20.2 Å². The van der Waals surface area contributed by atoms with E-state index in [0.29, 0.717) is 39.3 Å². The molecule has 1 aromatic heterocycles. The Morgan fingerprint density at radius 3 is 2.52 bits per heavy atom. The number of amides is 1. The molecule has 156 valence electrons. The van der Waals surface area contributed by atoms with Gasteiger partial charge in [-0.1, -0.05) is 24.3 Å². The number of hydrogen-bond donors (Lipinski definition) is 2. The van der Waals surface area contributed by atoms with Crippen molar-refractivity contribution < 1.29 is 23.8 Å². The number of carbonyl (C=O) groups is 1. The van der Waals surface area contributed by atoms with E-state index in [0.717, 1.165) is 0 Å². The Hall–Kier alpha value is -4.26. The van der Waals surface area contributed by atoms with Crippen molar-refractivity contribution in [2.45, 2.75) is 0 Å². The third-order valence-corrected chi connectivity index (χ3v) is 4.67.